The molecule has 18 heavy (non-hydrogen) atoms. The highest BCUT2D eigenvalue weighted by Gasteiger charge is 2.31. The number of ketones is 1. The van der Waals surface area contributed by atoms with Crippen LogP contribution in [-0.4, -0.2) is 18.0 Å². The summed E-state index contributed by atoms with van der Waals surface area (Å²) in [6.07, 6.45) is 1.72. The lowest BCUT2D eigenvalue weighted by Crippen LogP contribution is -2.30. The number of carbonyl (C=O) groups is 1. The van der Waals surface area contributed by atoms with E-state index in [0.717, 1.165) is 19.3 Å². The van der Waals surface area contributed by atoms with Crippen molar-refractivity contribution in [1.82, 2.24) is 0 Å². The van der Waals surface area contributed by atoms with Crippen molar-refractivity contribution in [2.75, 3.05) is 0 Å². The van der Waals surface area contributed by atoms with Crippen molar-refractivity contribution >= 4 is 5.78 Å². The normalized spacial score (nSPS) is 19.8. The third-order valence-corrected chi connectivity index (χ3v) is 3.54. The molecule has 0 aliphatic heterocycles. The van der Waals surface area contributed by atoms with Gasteiger partial charge in [-0.15, -0.1) is 0 Å². The largest absolute Gasteiger partial charge is 0.390 e. The molecule has 1 aliphatic carbocycles. The Labute approximate surface area is 106 Å². The number of hydrogen-bond acceptors (Lipinski definition) is 2. The molecule has 0 saturated heterocycles. The molecule has 0 amide bonds. The Bertz CT molecular complexity index is 259. The molecule has 0 aromatic carbocycles. The summed E-state index contributed by atoms with van der Waals surface area (Å²) in [6, 6.07) is -1.08. The van der Waals surface area contributed by atoms with E-state index in [9.17, 15) is 18.0 Å². The van der Waals surface area contributed by atoms with Crippen LogP contribution in [0.25, 0.3) is 0 Å². The summed E-state index contributed by atoms with van der Waals surface area (Å²) >= 11 is 0. The first-order valence-corrected chi connectivity index (χ1v) is 6.71. The summed E-state index contributed by atoms with van der Waals surface area (Å²) in [7, 11) is 0. The van der Waals surface area contributed by atoms with Crippen LogP contribution in [0.1, 0.15) is 57.8 Å². The highest BCUT2D eigenvalue weighted by atomic mass is 19.4. The molecule has 106 valence electrons. The van der Waals surface area contributed by atoms with E-state index in [1.165, 1.54) is 19.3 Å². The topological polar surface area (TPSA) is 43.1 Å². The Morgan fingerprint density at radius 2 is 1.83 bits per heavy atom. The number of alkyl halides is 3. The molecule has 1 fully saturated rings. The molecular formula is C13H22F3NO. The van der Waals surface area contributed by atoms with Crippen molar-refractivity contribution < 1.29 is 18.0 Å². The Kier molecular flexibility index (Phi) is 6.12. The van der Waals surface area contributed by atoms with Gasteiger partial charge >= 0.3 is 6.18 Å². The maximum absolute atomic E-state index is 12.0. The van der Waals surface area contributed by atoms with E-state index in [0.29, 0.717) is 12.3 Å². The fourth-order valence-electron chi connectivity index (χ4n) is 2.60. The number of nitrogens with two attached hydrogens (primary N) is 1. The molecule has 1 atom stereocenters. The molecule has 1 saturated carbocycles. The monoisotopic (exact) mass is 265 g/mol. The average Bonchev–Trinajstić information content (AvgIpc) is 2.25. The molecule has 0 spiro atoms. The summed E-state index contributed by atoms with van der Waals surface area (Å²) in [5, 5.41) is 0. The van der Waals surface area contributed by atoms with Gasteiger partial charge in [0.1, 0.15) is 5.78 Å². The van der Waals surface area contributed by atoms with Crippen LogP contribution in [0, 0.1) is 5.92 Å². The second-order valence-electron chi connectivity index (χ2n) is 5.36. The van der Waals surface area contributed by atoms with Crippen molar-refractivity contribution in [1.29, 1.82) is 0 Å². The van der Waals surface area contributed by atoms with E-state index in [4.69, 9.17) is 5.73 Å². The minimum Gasteiger partial charge on any atom is -0.327 e. The Morgan fingerprint density at radius 3 is 2.39 bits per heavy atom. The van der Waals surface area contributed by atoms with E-state index in [1.54, 1.807) is 0 Å². The standard InChI is InChI=1S/C13H22F3NO/c14-13(15,16)9-11(17)8-12(18)7-6-10-4-2-1-3-5-10/h10-11H,1-9,17H2. The fourth-order valence-corrected chi connectivity index (χ4v) is 2.60. The minimum atomic E-state index is -4.27. The summed E-state index contributed by atoms with van der Waals surface area (Å²) in [6.45, 7) is 0. The van der Waals surface area contributed by atoms with E-state index in [-0.39, 0.29) is 12.2 Å². The van der Waals surface area contributed by atoms with E-state index >= 15 is 0 Å². The van der Waals surface area contributed by atoms with Crippen molar-refractivity contribution in [2.45, 2.75) is 70.0 Å². The molecule has 0 bridgehead atoms. The van der Waals surface area contributed by atoms with Crippen molar-refractivity contribution in [3.05, 3.63) is 0 Å². The van der Waals surface area contributed by atoms with Crippen LogP contribution < -0.4 is 5.73 Å². The highest BCUT2D eigenvalue weighted by Crippen LogP contribution is 2.28. The van der Waals surface area contributed by atoms with Gasteiger partial charge in [-0.05, 0) is 12.3 Å². The molecule has 0 radical (unpaired) electrons. The molecule has 1 unspecified atom stereocenters. The van der Waals surface area contributed by atoms with Gasteiger partial charge in [0.2, 0.25) is 0 Å². The lowest BCUT2D eigenvalue weighted by molar-refractivity contribution is -0.139. The zero-order chi connectivity index (χ0) is 13.6. The van der Waals surface area contributed by atoms with E-state index in [1.807, 2.05) is 0 Å². The van der Waals surface area contributed by atoms with Crippen LogP contribution in [0.2, 0.25) is 0 Å². The smallest absolute Gasteiger partial charge is 0.327 e. The first-order chi connectivity index (χ1) is 8.37. The lowest BCUT2D eigenvalue weighted by atomic mass is 9.85. The van der Waals surface area contributed by atoms with Gasteiger partial charge in [0.05, 0.1) is 6.42 Å². The van der Waals surface area contributed by atoms with Gasteiger partial charge in [0, 0.05) is 18.9 Å². The van der Waals surface area contributed by atoms with Crippen LogP contribution in [-0.2, 0) is 4.79 Å². The third kappa shape index (κ3) is 6.99. The molecule has 2 N–H and O–H groups in total. The molecule has 0 aromatic rings. The second kappa shape index (κ2) is 7.12. The molecule has 0 heterocycles. The maximum Gasteiger partial charge on any atom is 0.390 e. The van der Waals surface area contributed by atoms with Crippen LogP contribution >= 0.6 is 0 Å². The zero-order valence-electron chi connectivity index (χ0n) is 10.6. The van der Waals surface area contributed by atoms with Gasteiger partial charge in [-0.2, -0.15) is 13.2 Å². The quantitative estimate of drug-likeness (QED) is 0.797. The van der Waals surface area contributed by atoms with Gasteiger partial charge in [-0.25, -0.2) is 0 Å². The van der Waals surface area contributed by atoms with Crippen LogP contribution in [0.4, 0.5) is 13.2 Å². The van der Waals surface area contributed by atoms with Gasteiger partial charge in [0.15, 0.2) is 0 Å². The van der Waals surface area contributed by atoms with Gasteiger partial charge in [-0.1, -0.05) is 32.1 Å². The molecule has 1 aliphatic rings. The summed E-state index contributed by atoms with van der Waals surface area (Å²) in [5.41, 5.74) is 5.33. The van der Waals surface area contributed by atoms with Gasteiger partial charge < -0.3 is 5.73 Å². The molecule has 0 aromatic heterocycles. The van der Waals surface area contributed by atoms with Crippen molar-refractivity contribution in [2.24, 2.45) is 11.7 Å². The van der Waals surface area contributed by atoms with Crippen molar-refractivity contribution in [3.63, 3.8) is 0 Å². The summed E-state index contributed by atoms with van der Waals surface area (Å²) in [4.78, 5) is 11.5. The second-order valence-corrected chi connectivity index (χ2v) is 5.36. The lowest BCUT2D eigenvalue weighted by Gasteiger charge is -2.21. The van der Waals surface area contributed by atoms with E-state index < -0.39 is 18.6 Å². The van der Waals surface area contributed by atoms with Crippen LogP contribution in [0.5, 0.6) is 0 Å². The first-order valence-electron chi connectivity index (χ1n) is 6.71. The fraction of sp³-hybridized carbons (Fsp3) is 0.923. The molecule has 1 rings (SSSR count). The first kappa shape index (κ1) is 15.5. The number of halogens is 3. The minimum absolute atomic E-state index is 0.127. The van der Waals surface area contributed by atoms with Crippen LogP contribution in [0.15, 0.2) is 0 Å². The maximum atomic E-state index is 12.0. The average molecular weight is 265 g/mol. The zero-order valence-corrected chi connectivity index (χ0v) is 10.6. The van der Waals surface area contributed by atoms with E-state index in [2.05, 4.69) is 0 Å². The predicted molar refractivity (Wildman–Crippen MR) is 64.1 cm³/mol. The predicted octanol–water partition coefficient (Wildman–Crippen LogP) is 3.59. The van der Waals surface area contributed by atoms with Crippen molar-refractivity contribution in [3.8, 4) is 0 Å². The SMILES string of the molecule is NC(CC(=O)CCC1CCCCC1)CC(F)(F)F. The number of Topliss-reactive ketones (excluding diaryl/α,β-unsaturated/α-hetero) is 1. The van der Waals surface area contributed by atoms with Crippen LogP contribution in [0.3, 0.4) is 0 Å². The Morgan fingerprint density at radius 1 is 1.22 bits per heavy atom. The molecule has 5 heteroatoms. The summed E-state index contributed by atoms with van der Waals surface area (Å²) < 4.78 is 36.1. The molecular weight excluding hydrogens is 243 g/mol. The van der Waals surface area contributed by atoms with Gasteiger partial charge in [0.25, 0.3) is 0 Å². The third-order valence-electron chi connectivity index (χ3n) is 3.54. The number of carbonyl (C=O) groups excluding carboxylic acids is 1. The Hall–Kier alpha value is -0.580. The van der Waals surface area contributed by atoms with Gasteiger partial charge in [-0.3, -0.25) is 4.79 Å². The number of rotatable bonds is 6. The molecule has 2 nitrogen and oxygen atoms in total. The Balaban J connectivity index is 2.16. The summed E-state index contributed by atoms with van der Waals surface area (Å²) in [5.74, 6) is 0.457. The highest BCUT2D eigenvalue weighted by molar-refractivity contribution is 5.78. The number of hydrogen-bond donors (Lipinski definition) is 1.